The monoisotopic (exact) mass is 372 g/mol. The lowest BCUT2D eigenvalue weighted by Gasteiger charge is -2.35. The van der Waals surface area contributed by atoms with E-state index in [1.165, 1.54) is 0 Å². The number of aromatic nitrogens is 1. The van der Waals surface area contributed by atoms with Crippen molar-refractivity contribution in [2.75, 3.05) is 31.5 Å². The molecule has 2 aromatic rings. The standard InChI is InChI=1S/C21H32N4O2/c1-5-24(6-2)21(26)27-20-14-16-13-18(7-8-19(16)23-20)22-17-9-11-25(12-10-17)15(3)4/h7-8,13-15,17,22-23H,5-6,9-12H2,1-4H3. The van der Waals surface area contributed by atoms with E-state index in [4.69, 9.17) is 4.74 Å². The van der Waals surface area contributed by atoms with Crippen molar-refractivity contribution in [1.82, 2.24) is 14.8 Å². The highest BCUT2D eigenvalue weighted by Crippen LogP contribution is 2.26. The zero-order valence-electron chi connectivity index (χ0n) is 16.9. The molecule has 0 atom stereocenters. The maximum absolute atomic E-state index is 12.1. The minimum atomic E-state index is -0.318. The average Bonchev–Trinajstić information content (AvgIpc) is 3.04. The summed E-state index contributed by atoms with van der Waals surface area (Å²) in [5.74, 6) is 0.490. The number of hydrogen-bond donors (Lipinski definition) is 2. The summed E-state index contributed by atoms with van der Waals surface area (Å²) in [5.41, 5.74) is 2.09. The molecule has 2 N–H and O–H groups in total. The zero-order chi connectivity index (χ0) is 19.4. The van der Waals surface area contributed by atoms with Crippen LogP contribution in [-0.2, 0) is 0 Å². The number of piperidine rings is 1. The first-order valence-corrected chi connectivity index (χ1v) is 10.1. The van der Waals surface area contributed by atoms with Crippen molar-refractivity contribution in [1.29, 1.82) is 0 Å². The first-order chi connectivity index (χ1) is 13.0. The van der Waals surface area contributed by atoms with Gasteiger partial charge in [-0.1, -0.05) is 0 Å². The molecule has 6 heteroatoms. The van der Waals surface area contributed by atoms with Crippen LogP contribution in [0.25, 0.3) is 10.9 Å². The fraction of sp³-hybridized carbons (Fsp3) is 0.571. The second kappa shape index (κ2) is 8.65. The van der Waals surface area contributed by atoms with E-state index in [-0.39, 0.29) is 6.09 Å². The minimum absolute atomic E-state index is 0.318. The van der Waals surface area contributed by atoms with Crippen molar-refractivity contribution in [3.05, 3.63) is 24.3 Å². The number of nitrogens with zero attached hydrogens (tertiary/aromatic N) is 2. The maximum Gasteiger partial charge on any atom is 0.416 e. The molecule has 1 aliphatic rings. The lowest BCUT2D eigenvalue weighted by molar-refractivity contribution is 0.156. The first kappa shape index (κ1) is 19.5. The Hall–Kier alpha value is -2.21. The SMILES string of the molecule is CCN(CC)C(=O)Oc1cc2cc(NC3CCN(C(C)C)CC3)ccc2[nH]1. The molecule has 3 rings (SSSR count). The molecule has 27 heavy (non-hydrogen) atoms. The molecule has 0 spiro atoms. The summed E-state index contributed by atoms with van der Waals surface area (Å²) < 4.78 is 5.47. The Morgan fingerprint density at radius 2 is 1.96 bits per heavy atom. The third kappa shape index (κ3) is 4.75. The number of hydrogen-bond acceptors (Lipinski definition) is 4. The summed E-state index contributed by atoms with van der Waals surface area (Å²) in [6, 6.07) is 9.27. The van der Waals surface area contributed by atoms with Crippen molar-refractivity contribution >= 4 is 22.7 Å². The van der Waals surface area contributed by atoms with Crippen LogP contribution >= 0.6 is 0 Å². The Morgan fingerprint density at radius 3 is 2.59 bits per heavy atom. The normalized spacial score (nSPS) is 16.0. The van der Waals surface area contributed by atoms with Gasteiger partial charge < -0.3 is 24.8 Å². The number of carbonyl (C=O) groups is 1. The molecule has 1 fully saturated rings. The number of amides is 1. The van der Waals surface area contributed by atoms with Crippen LogP contribution in [0.1, 0.15) is 40.5 Å². The molecular weight excluding hydrogens is 340 g/mol. The highest BCUT2D eigenvalue weighted by molar-refractivity contribution is 5.85. The van der Waals surface area contributed by atoms with Crippen molar-refractivity contribution in [3.63, 3.8) is 0 Å². The maximum atomic E-state index is 12.1. The third-order valence-corrected chi connectivity index (χ3v) is 5.45. The van der Waals surface area contributed by atoms with Crippen molar-refractivity contribution in [3.8, 4) is 5.88 Å². The van der Waals surface area contributed by atoms with E-state index < -0.39 is 0 Å². The summed E-state index contributed by atoms with van der Waals surface area (Å²) in [6.07, 6.45) is 2.01. The minimum Gasteiger partial charge on any atom is -0.393 e. The molecule has 148 valence electrons. The van der Waals surface area contributed by atoms with Crippen LogP contribution < -0.4 is 10.1 Å². The van der Waals surface area contributed by atoms with Crippen molar-refractivity contribution in [2.24, 2.45) is 0 Å². The number of anilines is 1. The number of benzene rings is 1. The molecule has 1 aromatic heterocycles. The predicted molar refractivity (Wildman–Crippen MR) is 111 cm³/mol. The molecule has 1 aromatic carbocycles. The van der Waals surface area contributed by atoms with Gasteiger partial charge in [0.25, 0.3) is 0 Å². The highest BCUT2D eigenvalue weighted by atomic mass is 16.6. The van der Waals surface area contributed by atoms with E-state index in [9.17, 15) is 4.79 Å². The molecule has 6 nitrogen and oxygen atoms in total. The van der Waals surface area contributed by atoms with Crippen molar-refractivity contribution < 1.29 is 9.53 Å². The van der Waals surface area contributed by atoms with Gasteiger partial charge in [0.05, 0.1) is 0 Å². The van der Waals surface area contributed by atoms with Gasteiger partial charge in [0.1, 0.15) is 0 Å². The lowest BCUT2D eigenvalue weighted by atomic mass is 10.0. The summed E-state index contributed by atoms with van der Waals surface area (Å²) in [5, 5.41) is 4.71. The quantitative estimate of drug-likeness (QED) is 0.794. The molecule has 1 aliphatic heterocycles. The van der Waals surface area contributed by atoms with E-state index in [0.717, 1.165) is 42.5 Å². The van der Waals surface area contributed by atoms with Crippen LogP contribution in [0.3, 0.4) is 0 Å². The first-order valence-electron chi connectivity index (χ1n) is 10.1. The summed E-state index contributed by atoms with van der Waals surface area (Å²) in [6.45, 7) is 12.0. The summed E-state index contributed by atoms with van der Waals surface area (Å²) in [4.78, 5) is 19.5. The molecule has 0 unspecified atom stereocenters. The highest BCUT2D eigenvalue weighted by Gasteiger charge is 2.20. The van der Waals surface area contributed by atoms with Gasteiger partial charge in [-0.25, -0.2) is 4.79 Å². The van der Waals surface area contributed by atoms with Crippen LogP contribution in [0.2, 0.25) is 0 Å². The lowest BCUT2D eigenvalue weighted by Crippen LogP contribution is -2.42. The van der Waals surface area contributed by atoms with Gasteiger partial charge >= 0.3 is 6.09 Å². The fourth-order valence-corrected chi connectivity index (χ4v) is 3.69. The molecule has 1 saturated heterocycles. The Bertz CT molecular complexity index is 759. The number of nitrogens with one attached hydrogen (secondary N) is 2. The molecular formula is C21H32N4O2. The van der Waals surface area contributed by atoms with Crippen molar-refractivity contribution in [2.45, 2.75) is 52.6 Å². The molecule has 1 amide bonds. The van der Waals surface area contributed by atoms with E-state index >= 15 is 0 Å². The molecule has 2 heterocycles. The van der Waals surface area contributed by atoms with E-state index in [2.05, 4.69) is 41.2 Å². The van der Waals surface area contributed by atoms with Crippen LogP contribution in [-0.4, -0.2) is 59.1 Å². The second-order valence-corrected chi connectivity index (χ2v) is 7.52. The number of carbonyl (C=O) groups excluding carboxylic acids is 1. The van der Waals surface area contributed by atoms with E-state index in [1.54, 1.807) is 4.90 Å². The van der Waals surface area contributed by atoms with Crippen LogP contribution in [0.5, 0.6) is 5.88 Å². The van der Waals surface area contributed by atoms with Crippen LogP contribution in [0.15, 0.2) is 24.3 Å². The second-order valence-electron chi connectivity index (χ2n) is 7.52. The van der Waals surface area contributed by atoms with Crippen LogP contribution in [0.4, 0.5) is 10.5 Å². The molecule has 0 bridgehead atoms. The zero-order valence-corrected chi connectivity index (χ0v) is 16.9. The molecule has 0 saturated carbocycles. The van der Waals surface area contributed by atoms with Gasteiger partial charge in [-0.05, 0) is 58.7 Å². The van der Waals surface area contributed by atoms with Crippen LogP contribution in [0, 0.1) is 0 Å². The third-order valence-electron chi connectivity index (χ3n) is 5.45. The number of H-pyrrole nitrogens is 1. The molecule has 0 radical (unpaired) electrons. The Labute approximate surface area is 161 Å². The Morgan fingerprint density at radius 1 is 1.26 bits per heavy atom. The average molecular weight is 373 g/mol. The topological polar surface area (TPSA) is 60.6 Å². The smallest absolute Gasteiger partial charge is 0.393 e. The summed E-state index contributed by atoms with van der Waals surface area (Å²) in [7, 11) is 0. The Balaban J connectivity index is 1.63. The largest absolute Gasteiger partial charge is 0.416 e. The number of fused-ring (bicyclic) bond motifs is 1. The van der Waals surface area contributed by atoms with Gasteiger partial charge in [0, 0.05) is 60.9 Å². The summed E-state index contributed by atoms with van der Waals surface area (Å²) >= 11 is 0. The van der Waals surface area contributed by atoms with Gasteiger partial charge in [-0.3, -0.25) is 0 Å². The number of aromatic amines is 1. The number of ether oxygens (including phenoxy) is 1. The predicted octanol–water partition coefficient (Wildman–Crippen LogP) is 4.29. The molecule has 0 aliphatic carbocycles. The van der Waals surface area contributed by atoms with E-state index in [0.29, 0.717) is 31.1 Å². The van der Waals surface area contributed by atoms with Gasteiger partial charge in [-0.15, -0.1) is 0 Å². The van der Waals surface area contributed by atoms with Gasteiger partial charge in [-0.2, -0.15) is 0 Å². The van der Waals surface area contributed by atoms with E-state index in [1.807, 2.05) is 26.0 Å². The Kier molecular flexibility index (Phi) is 6.26. The van der Waals surface area contributed by atoms with Gasteiger partial charge in [0.2, 0.25) is 5.88 Å². The number of rotatable bonds is 6. The fourth-order valence-electron chi connectivity index (χ4n) is 3.69. The number of likely N-dealkylation sites (tertiary alicyclic amines) is 1. The van der Waals surface area contributed by atoms with Gasteiger partial charge in [0.15, 0.2) is 0 Å².